The maximum atomic E-state index is 13.2. The van der Waals surface area contributed by atoms with E-state index in [9.17, 15) is 17.2 Å². The number of nitrogens with one attached hydrogen (secondary N) is 2. The number of benzene rings is 2. The van der Waals surface area contributed by atoms with Crippen molar-refractivity contribution in [2.45, 2.75) is 25.3 Å². The molecule has 0 radical (unpaired) electrons. The van der Waals surface area contributed by atoms with Gasteiger partial charge in [-0.25, -0.2) is 22.2 Å². The zero-order valence-electron chi connectivity index (χ0n) is 17.0. The first-order chi connectivity index (χ1) is 13.7. The Morgan fingerprint density at radius 3 is 2.43 bits per heavy atom. The molecule has 2 aromatic rings. The van der Waals surface area contributed by atoms with Gasteiger partial charge in [-0.3, -0.25) is 0 Å². The van der Waals surface area contributed by atoms with Crippen LogP contribution in [0.15, 0.2) is 46.3 Å². The van der Waals surface area contributed by atoms with Gasteiger partial charge in [0.05, 0.1) is 18.0 Å². The summed E-state index contributed by atoms with van der Waals surface area (Å²) in [5.41, 5.74) is 1.56. The van der Waals surface area contributed by atoms with Gasteiger partial charge in [-0.05, 0) is 43.2 Å². The number of sulfone groups is 1. The minimum Gasteiger partial charge on any atom is -0.492 e. The van der Waals surface area contributed by atoms with Gasteiger partial charge in [-0.2, -0.15) is 0 Å². The molecule has 0 unspecified atom stereocenters. The van der Waals surface area contributed by atoms with Crippen LogP contribution in [-0.4, -0.2) is 40.3 Å². The van der Waals surface area contributed by atoms with E-state index in [1.165, 1.54) is 12.3 Å². The lowest BCUT2D eigenvalue weighted by Crippen LogP contribution is -2.39. The predicted molar refractivity (Wildman–Crippen MR) is 124 cm³/mol. The van der Waals surface area contributed by atoms with Crippen LogP contribution in [0.4, 0.5) is 8.78 Å². The van der Waals surface area contributed by atoms with Crippen LogP contribution in [0.25, 0.3) is 0 Å². The van der Waals surface area contributed by atoms with Crippen molar-refractivity contribution in [3.8, 4) is 5.75 Å². The number of aliphatic imine (C=N–C) groups is 1. The number of ether oxygens (including phenoxy) is 1. The Morgan fingerprint density at radius 2 is 1.83 bits per heavy atom. The monoisotopic (exact) mass is 553 g/mol. The average molecular weight is 553 g/mol. The third-order valence-corrected chi connectivity index (χ3v) is 5.21. The van der Waals surface area contributed by atoms with E-state index in [2.05, 4.69) is 15.6 Å². The molecule has 0 saturated carbocycles. The van der Waals surface area contributed by atoms with Gasteiger partial charge in [0.1, 0.15) is 12.4 Å². The smallest absolute Gasteiger partial charge is 0.191 e. The fourth-order valence-electron chi connectivity index (χ4n) is 2.64. The van der Waals surface area contributed by atoms with Crippen molar-refractivity contribution in [3.05, 3.63) is 59.2 Å². The lowest BCUT2D eigenvalue weighted by Gasteiger charge is -2.12. The number of hydrogen-bond acceptors (Lipinski definition) is 4. The van der Waals surface area contributed by atoms with Crippen LogP contribution < -0.4 is 15.4 Å². The second-order valence-electron chi connectivity index (χ2n) is 6.42. The average Bonchev–Trinajstić information content (AvgIpc) is 2.65. The van der Waals surface area contributed by atoms with Crippen LogP contribution in [0.2, 0.25) is 0 Å². The number of hydrogen-bond donors (Lipinski definition) is 2. The molecule has 2 N–H and O–H groups in total. The van der Waals surface area contributed by atoms with E-state index in [1.807, 2.05) is 6.92 Å². The lowest BCUT2D eigenvalue weighted by molar-refractivity contribution is 0.318. The molecule has 0 aliphatic heterocycles. The molecule has 0 fully saturated rings. The molecule has 0 spiro atoms. The van der Waals surface area contributed by atoms with Gasteiger partial charge in [0.15, 0.2) is 27.4 Å². The minimum atomic E-state index is -3.25. The highest BCUT2D eigenvalue weighted by molar-refractivity contribution is 14.0. The predicted octanol–water partition coefficient (Wildman–Crippen LogP) is 3.43. The van der Waals surface area contributed by atoms with Crippen LogP contribution in [0.5, 0.6) is 5.75 Å². The van der Waals surface area contributed by atoms with Crippen LogP contribution in [0.1, 0.15) is 18.1 Å². The molecule has 30 heavy (non-hydrogen) atoms. The summed E-state index contributed by atoms with van der Waals surface area (Å²) in [5, 5.41) is 6.18. The maximum absolute atomic E-state index is 13.2. The van der Waals surface area contributed by atoms with Gasteiger partial charge >= 0.3 is 0 Å². The fourth-order valence-corrected chi connectivity index (χ4v) is 3.60. The molecule has 2 rings (SSSR count). The van der Waals surface area contributed by atoms with Gasteiger partial charge < -0.3 is 15.4 Å². The van der Waals surface area contributed by atoms with Crippen molar-refractivity contribution in [1.82, 2.24) is 10.6 Å². The highest BCUT2D eigenvalue weighted by atomic mass is 127. The molecule has 166 valence electrons. The number of aryl methyl sites for hydroxylation is 1. The van der Waals surface area contributed by atoms with Crippen molar-refractivity contribution < 1.29 is 21.9 Å². The minimum absolute atomic E-state index is 0. The molecule has 0 aliphatic carbocycles. The number of halogens is 3. The maximum Gasteiger partial charge on any atom is 0.191 e. The van der Waals surface area contributed by atoms with E-state index >= 15 is 0 Å². The van der Waals surface area contributed by atoms with Crippen LogP contribution in [0, 0.1) is 18.6 Å². The van der Waals surface area contributed by atoms with Crippen LogP contribution in [0.3, 0.4) is 0 Å². The SMILES string of the molecule is CCNC(=NCc1ccc(S(C)(=O)=O)c(C)c1)NCCOc1ccc(F)c(F)c1.I. The first kappa shape index (κ1) is 26.1. The van der Waals surface area contributed by atoms with Crippen molar-refractivity contribution in [2.24, 2.45) is 4.99 Å². The topological polar surface area (TPSA) is 79.8 Å². The first-order valence-electron chi connectivity index (χ1n) is 9.10. The second-order valence-corrected chi connectivity index (χ2v) is 8.40. The summed E-state index contributed by atoms with van der Waals surface area (Å²) < 4.78 is 54.9. The molecule has 0 amide bonds. The van der Waals surface area contributed by atoms with E-state index in [0.29, 0.717) is 36.1 Å². The zero-order chi connectivity index (χ0) is 21.4. The third-order valence-electron chi connectivity index (χ3n) is 3.96. The Hall–Kier alpha value is -1.95. The summed E-state index contributed by atoms with van der Waals surface area (Å²) in [4.78, 5) is 4.78. The third kappa shape index (κ3) is 8.05. The molecule has 2 aromatic carbocycles. The highest BCUT2D eigenvalue weighted by Gasteiger charge is 2.10. The highest BCUT2D eigenvalue weighted by Crippen LogP contribution is 2.17. The van der Waals surface area contributed by atoms with Gasteiger partial charge in [-0.15, -0.1) is 24.0 Å². The standard InChI is InChI=1S/C20H25F2N3O3S.HI/c1-4-23-20(24-9-10-28-16-6-7-17(21)18(22)12-16)25-13-15-5-8-19(14(2)11-15)29(3,26)27;/h5-8,11-12H,4,9-10,13H2,1-3H3,(H2,23,24,25);1H. The molecular formula is C20H26F2IN3O3S. The molecule has 0 saturated heterocycles. The number of rotatable bonds is 8. The summed E-state index contributed by atoms with van der Waals surface area (Å²) in [7, 11) is -3.25. The molecule has 0 aromatic heterocycles. The van der Waals surface area contributed by atoms with E-state index in [4.69, 9.17) is 4.74 Å². The molecule has 0 bridgehead atoms. The van der Waals surface area contributed by atoms with Crippen LogP contribution >= 0.6 is 24.0 Å². The summed E-state index contributed by atoms with van der Waals surface area (Å²) in [5.74, 6) is -1.07. The van der Waals surface area contributed by atoms with Crippen molar-refractivity contribution in [1.29, 1.82) is 0 Å². The molecule has 10 heteroatoms. The van der Waals surface area contributed by atoms with Crippen molar-refractivity contribution in [3.63, 3.8) is 0 Å². The number of guanidine groups is 1. The van der Waals surface area contributed by atoms with E-state index in [1.54, 1.807) is 25.1 Å². The Kier molecular flexibility index (Phi) is 10.5. The van der Waals surface area contributed by atoms with E-state index in [0.717, 1.165) is 17.7 Å². The Labute approximate surface area is 193 Å². The summed E-state index contributed by atoms with van der Waals surface area (Å²) in [6, 6.07) is 8.50. The van der Waals surface area contributed by atoms with Gasteiger partial charge in [0, 0.05) is 18.9 Å². The summed E-state index contributed by atoms with van der Waals surface area (Å²) in [6.45, 7) is 5.34. The van der Waals surface area contributed by atoms with Crippen molar-refractivity contribution >= 4 is 39.8 Å². The van der Waals surface area contributed by atoms with E-state index in [-0.39, 0.29) is 36.3 Å². The van der Waals surface area contributed by atoms with Gasteiger partial charge in [0.2, 0.25) is 0 Å². The Morgan fingerprint density at radius 1 is 1.10 bits per heavy atom. The lowest BCUT2D eigenvalue weighted by atomic mass is 10.1. The van der Waals surface area contributed by atoms with Gasteiger partial charge in [0.25, 0.3) is 0 Å². The van der Waals surface area contributed by atoms with E-state index < -0.39 is 21.5 Å². The largest absolute Gasteiger partial charge is 0.492 e. The summed E-state index contributed by atoms with van der Waals surface area (Å²) >= 11 is 0. The fraction of sp³-hybridized carbons (Fsp3) is 0.350. The molecule has 6 nitrogen and oxygen atoms in total. The zero-order valence-corrected chi connectivity index (χ0v) is 20.2. The normalized spacial score (nSPS) is 11.6. The van der Waals surface area contributed by atoms with Crippen molar-refractivity contribution in [2.75, 3.05) is 26.0 Å². The van der Waals surface area contributed by atoms with Gasteiger partial charge in [-0.1, -0.05) is 12.1 Å². The molecule has 0 atom stereocenters. The molecular weight excluding hydrogens is 527 g/mol. The Bertz CT molecular complexity index is 985. The Balaban J connectivity index is 0.00000450. The molecule has 0 aliphatic rings. The second kappa shape index (κ2) is 12.0. The quantitative estimate of drug-likeness (QED) is 0.227. The molecule has 0 heterocycles. The first-order valence-corrected chi connectivity index (χ1v) is 11.0. The van der Waals surface area contributed by atoms with Crippen LogP contribution in [-0.2, 0) is 16.4 Å². The number of nitrogens with zero attached hydrogens (tertiary/aromatic N) is 1. The summed E-state index contributed by atoms with van der Waals surface area (Å²) in [6.07, 6.45) is 1.18.